The maximum Gasteiger partial charge on any atom is 0.196 e. The zero-order chi connectivity index (χ0) is 14.2. The third-order valence-electron chi connectivity index (χ3n) is 2.67. The molecule has 2 rings (SSSR count). The molecule has 0 atom stereocenters. The highest BCUT2D eigenvalue weighted by Crippen LogP contribution is 2.22. The molecule has 19 heavy (non-hydrogen) atoms. The summed E-state index contributed by atoms with van der Waals surface area (Å²) in [6.45, 7) is 1.48. The monoisotopic (exact) mass is 284 g/mol. The fourth-order valence-corrected chi connectivity index (χ4v) is 1.79. The predicted molar refractivity (Wildman–Crippen MR) is 65.9 cm³/mol. The minimum atomic E-state index is -0.918. The summed E-state index contributed by atoms with van der Waals surface area (Å²) in [7, 11) is 0. The van der Waals surface area contributed by atoms with Crippen LogP contribution in [0.25, 0.3) is 0 Å². The molecular formula is C14H8ClF3O. The molecule has 0 aliphatic heterocycles. The van der Waals surface area contributed by atoms with E-state index in [1.54, 1.807) is 0 Å². The summed E-state index contributed by atoms with van der Waals surface area (Å²) in [5.41, 5.74) is -0.104. The summed E-state index contributed by atoms with van der Waals surface area (Å²) in [6, 6.07) is 5.08. The fraction of sp³-hybridized carbons (Fsp3) is 0.0714. The number of ketones is 1. The van der Waals surface area contributed by atoms with E-state index in [0.717, 1.165) is 18.2 Å². The molecule has 0 N–H and O–H groups in total. The number of hydrogen-bond donors (Lipinski definition) is 0. The van der Waals surface area contributed by atoms with Gasteiger partial charge in [0, 0.05) is 5.56 Å². The Bertz CT molecular complexity index is 668. The molecule has 0 unspecified atom stereocenters. The first-order valence-electron chi connectivity index (χ1n) is 5.35. The molecule has 0 heterocycles. The van der Waals surface area contributed by atoms with E-state index in [1.165, 1.54) is 19.1 Å². The van der Waals surface area contributed by atoms with Gasteiger partial charge in [0.25, 0.3) is 0 Å². The van der Waals surface area contributed by atoms with E-state index >= 15 is 0 Å². The third-order valence-corrected chi connectivity index (χ3v) is 2.96. The lowest BCUT2D eigenvalue weighted by Crippen LogP contribution is -2.06. The Hall–Kier alpha value is -1.81. The van der Waals surface area contributed by atoms with Gasteiger partial charge >= 0.3 is 0 Å². The summed E-state index contributed by atoms with van der Waals surface area (Å²) in [5, 5.41) is -0.399. The average Bonchev–Trinajstić information content (AvgIpc) is 2.36. The molecule has 0 saturated heterocycles. The standard InChI is InChI=1S/C14H8ClF3O/c1-7-4-8(2-3-11(7)16)14(19)9-5-13(18)10(15)6-12(9)17/h2-6H,1H3. The molecule has 0 saturated carbocycles. The summed E-state index contributed by atoms with van der Waals surface area (Å²) in [5.74, 6) is -3.00. The molecule has 0 bridgehead atoms. The zero-order valence-corrected chi connectivity index (χ0v) is 10.6. The van der Waals surface area contributed by atoms with Crippen LogP contribution in [-0.4, -0.2) is 5.78 Å². The predicted octanol–water partition coefficient (Wildman–Crippen LogP) is 4.30. The van der Waals surface area contributed by atoms with Crippen molar-refractivity contribution in [2.75, 3.05) is 0 Å². The average molecular weight is 285 g/mol. The van der Waals surface area contributed by atoms with Gasteiger partial charge in [0.1, 0.15) is 17.5 Å². The van der Waals surface area contributed by atoms with Crippen LogP contribution in [0.4, 0.5) is 13.2 Å². The van der Waals surface area contributed by atoms with Gasteiger partial charge in [-0.3, -0.25) is 4.79 Å². The minimum absolute atomic E-state index is 0.0829. The minimum Gasteiger partial charge on any atom is -0.288 e. The molecule has 0 spiro atoms. The van der Waals surface area contributed by atoms with Crippen molar-refractivity contribution in [2.24, 2.45) is 0 Å². The first kappa shape index (κ1) is 13.6. The maximum absolute atomic E-state index is 13.6. The van der Waals surface area contributed by atoms with Crippen LogP contribution in [0, 0.1) is 24.4 Å². The molecule has 0 amide bonds. The van der Waals surface area contributed by atoms with E-state index in [-0.39, 0.29) is 11.1 Å². The van der Waals surface area contributed by atoms with Crippen LogP contribution >= 0.6 is 11.6 Å². The van der Waals surface area contributed by atoms with E-state index in [1.807, 2.05) is 0 Å². The normalized spacial score (nSPS) is 10.6. The summed E-state index contributed by atoms with van der Waals surface area (Å²) in [6.07, 6.45) is 0. The maximum atomic E-state index is 13.6. The fourth-order valence-electron chi connectivity index (χ4n) is 1.64. The van der Waals surface area contributed by atoms with Gasteiger partial charge < -0.3 is 0 Å². The lowest BCUT2D eigenvalue weighted by atomic mass is 10.0. The molecule has 0 fully saturated rings. The van der Waals surface area contributed by atoms with Crippen LogP contribution in [0.15, 0.2) is 30.3 Å². The Labute approximate surface area is 112 Å². The van der Waals surface area contributed by atoms with Crippen molar-refractivity contribution < 1.29 is 18.0 Å². The summed E-state index contributed by atoms with van der Waals surface area (Å²) in [4.78, 5) is 12.0. The Kier molecular flexibility index (Phi) is 3.62. The molecule has 2 aromatic carbocycles. The van der Waals surface area contributed by atoms with E-state index < -0.39 is 33.8 Å². The number of benzene rings is 2. The molecular weight excluding hydrogens is 277 g/mol. The van der Waals surface area contributed by atoms with E-state index in [4.69, 9.17) is 11.6 Å². The highest BCUT2D eigenvalue weighted by molar-refractivity contribution is 6.30. The highest BCUT2D eigenvalue weighted by atomic mass is 35.5. The topological polar surface area (TPSA) is 17.1 Å². The van der Waals surface area contributed by atoms with Gasteiger partial charge in [0.05, 0.1) is 10.6 Å². The Morgan fingerprint density at radius 3 is 2.32 bits per heavy atom. The summed E-state index contributed by atoms with van der Waals surface area (Å²) < 4.78 is 40.0. The quantitative estimate of drug-likeness (QED) is 0.594. The smallest absolute Gasteiger partial charge is 0.196 e. The number of halogens is 4. The molecule has 0 aromatic heterocycles. The highest BCUT2D eigenvalue weighted by Gasteiger charge is 2.17. The van der Waals surface area contributed by atoms with Gasteiger partial charge in [-0.2, -0.15) is 0 Å². The van der Waals surface area contributed by atoms with Gasteiger partial charge in [-0.1, -0.05) is 11.6 Å². The van der Waals surface area contributed by atoms with Crippen LogP contribution in [0.1, 0.15) is 21.5 Å². The van der Waals surface area contributed by atoms with Crippen molar-refractivity contribution in [2.45, 2.75) is 6.92 Å². The second-order valence-corrected chi connectivity index (χ2v) is 4.45. The molecule has 0 aliphatic rings. The van der Waals surface area contributed by atoms with E-state index in [2.05, 4.69) is 0 Å². The molecule has 1 nitrogen and oxygen atoms in total. The SMILES string of the molecule is Cc1cc(C(=O)c2cc(F)c(Cl)cc2F)ccc1F. The molecule has 5 heteroatoms. The number of carbonyl (C=O) groups is 1. The van der Waals surface area contributed by atoms with Crippen LogP contribution in [-0.2, 0) is 0 Å². The molecule has 0 aliphatic carbocycles. The van der Waals surface area contributed by atoms with Gasteiger partial charge in [-0.25, -0.2) is 13.2 Å². The van der Waals surface area contributed by atoms with Crippen molar-refractivity contribution in [3.8, 4) is 0 Å². The largest absolute Gasteiger partial charge is 0.288 e. The van der Waals surface area contributed by atoms with Crippen molar-refractivity contribution in [1.82, 2.24) is 0 Å². The van der Waals surface area contributed by atoms with Gasteiger partial charge in [-0.15, -0.1) is 0 Å². The van der Waals surface area contributed by atoms with Crippen LogP contribution in [0.5, 0.6) is 0 Å². The van der Waals surface area contributed by atoms with Gasteiger partial charge in [-0.05, 0) is 42.8 Å². The van der Waals surface area contributed by atoms with Crippen molar-refractivity contribution in [1.29, 1.82) is 0 Å². The molecule has 98 valence electrons. The Balaban J connectivity index is 2.49. The van der Waals surface area contributed by atoms with Crippen molar-refractivity contribution >= 4 is 17.4 Å². The first-order chi connectivity index (χ1) is 8.90. The second-order valence-electron chi connectivity index (χ2n) is 4.04. The second kappa shape index (κ2) is 5.05. The number of aryl methyl sites for hydroxylation is 1. The van der Waals surface area contributed by atoms with Crippen molar-refractivity contribution in [3.63, 3.8) is 0 Å². The number of carbonyl (C=O) groups excluding carboxylic acids is 1. The first-order valence-corrected chi connectivity index (χ1v) is 5.73. The summed E-state index contributed by atoms with van der Waals surface area (Å²) >= 11 is 5.41. The number of rotatable bonds is 2. The zero-order valence-electron chi connectivity index (χ0n) is 9.81. The lowest BCUT2D eigenvalue weighted by Gasteiger charge is -2.05. The third kappa shape index (κ3) is 2.63. The van der Waals surface area contributed by atoms with E-state index in [0.29, 0.717) is 0 Å². The van der Waals surface area contributed by atoms with Gasteiger partial charge in [0.2, 0.25) is 0 Å². The van der Waals surface area contributed by atoms with E-state index in [9.17, 15) is 18.0 Å². The number of hydrogen-bond acceptors (Lipinski definition) is 1. The Morgan fingerprint density at radius 1 is 1.00 bits per heavy atom. The van der Waals surface area contributed by atoms with Crippen LogP contribution in [0.3, 0.4) is 0 Å². The Morgan fingerprint density at radius 2 is 1.68 bits per heavy atom. The molecule has 0 radical (unpaired) electrons. The van der Waals surface area contributed by atoms with Crippen LogP contribution in [0.2, 0.25) is 5.02 Å². The van der Waals surface area contributed by atoms with Gasteiger partial charge in [0.15, 0.2) is 5.78 Å². The van der Waals surface area contributed by atoms with Crippen molar-refractivity contribution in [3.05, 3.63) is 69.5 Å². The van der Waals surface area contributed by atoms with Crippen LogP contribution < -0.4 is 0 Å². The molecule has 2 aromatic rings. The lowest BCUT2D eigenvalue weighted by molar-refractivity contribution is 0.103.